The van der Waals surface area contributed by atoms with Crippen LogP contribution in [0.5, 0.6) is 0 Å². The van der Waals surface area contributed by atoms with Crippen molar-refractivity contribution in [1.82, 2.24) is 5.32 Å². The standard InChI is InChI=1S/C13H17NO/c1-9-5-6-10(2)11(8-9)13(15)12-4-3-7-14-12/h5-6,8,12,14H,3-4,7H2,1-2H3. The molecule has 1 atom stereocenters. The van der Waals surface area contributed by atoms with Gasteiger partial charge in [-0.2, -0.15) is 0 Å². The molecule has 1 unspecified atom stereocenters. The molecule has 2 heteroatoms. The highest BCUT2D eigenvalue weighted by atomic mass is 16.1. The van der Waals surface area contributed by atoms with E-state index in [1.807, 2.05) is 32.0 Å². The molecule has 0 radical (unpaired) electrons. The predicted octanol–water partition coefficient (Wildman–Crippen LogP) is 2.24. The lowest BCUT2D eigenvalue weighted by molar-refractivity contribution is 0.0951. The van der Waals surface area contributed by atoms with Crippen molar-refractivity contribution in [3.8, 4) is 0 Å². The maximum absolute atomic E-state index is 12.2. The van der Waals surface area contributed by atoms with Crippen LogP contribution in [0.15, 0.2) is 18.2 Å². The van der Waals surface area contributed by atoms with E-state index in [0.717, 1.165) is 36.1 Å². The Bertz CT molecular complexity index is 378. The first kappa shape index (κ1) is 10.4. The highest BCUT2D eigenvalue weighted by Crippen LogP contribution is 2.16. The number of nitrogens with one attached hydrogen (secondary N) is 1. The maximum atomic E-state index is 12.2. The Morgan fingerprint density at radius 2 is 2.20 bits per heavy atom. The van der Waals surface area contributed by atoms with Crippen molar-refractivity contribution in [3.63, 3.8) is 0 Å². The number of carbonyl (C=O) groups excluding carboxylic acids is 1. The van der Waals surface area contributed by atoms with Crippen LogP contribution in [0.1, 0.15) is 34.3 Å². The van der Waals surface area contributed by atoms with Gasteiger partial charge in [0.25, 0.3) is 0 Å². The largest absolute Gasteiger partial charge is 0.307 e. The zero-order valence-electron chi connectivity index (χ0n) is 9.34. The molecule has 0 amide bonds. The fourth-order valence-electron chi connectivity index (χ4n) is 2.10. The summed E-state index contributed by atoms with van der Waals surface area (Å²) in [4.78, 5) is 12.2. The second-order valence-corrected chi connectivity index (χ2v) is 4.33. The number of ketones is 1. The van der Waals surface area contributed by atoms with Gasteiger partial charge in [-0.25, -0.2) is 0 Å². The summed E-state index contributed by atoms with van der Waals surface area (Å²) >= 11 is 0. The molecule has 1 heterocycles. The van der Waals surface area contributed by atoms with Crippen molar-refractivity contribution < 1.29 is 4.79 Å². The van der Waals surface area contributed by atoms with Gasteiger partial charge in [-0.1, -0.05) is 17.7 Å². The van der Waals surface area contributed by atoms with Crippen LogP contribution in [-0.4, -0.2) is 18.4 Å². The molecular formula is C13H17NO. The van der Waals surface area contributed by atoms with Crippen LogP contribution < -0.4 is 5.32 Å². The Kier molecular flexibility index (Phi) is 2.87. The van der Waals surface area contributed by atoms with E-state index in [9.17, 15) is 4.79 Å². The number of Topliss-reactive ketones (excluding diaryl/α,β-unsaturated/α-hetero) is 1. The van der Waals surface area contributed by atoms with Crippen LogP contribution >= 0.6 is 0 Å². The molecule has 0 aromatic heterocycles. The normalized spacial score (nSPS) is 20.5. The number of hydrogen-bond donors (Lipinski definition) is 1. The van der Waals surface area contributed by atoms with E-state index in [1.165, 1.54) is 0 Å². The summed E-state index contributed by atoms with van der Waals surface area (Å²) in [7, 11) is 0. The van der Waals surface area contributed by atoms with Crippen LogP contribution in [0.25, 0.3) is 0 Å². The SMILES string of the molecule is Cc1ccc(C)c(C(=O)C2CCCN2)c1. The van der Waals surface area contributed by atoms with Crippen LogP contribution in [-0.2, 0) is 0 Å². The minimum absolute atomic E-state index is 0.0468. The van der Waals surface area contributed by atoms with Crippen molar-refractivity contribution in [2.75, 3.05) is 6.54 Å². The fourth-order valence-corrected chi connectivity index (χ4v) is 2.10. The number of hydrogen-bond acceptors (Lipinski definition) is 2. The Labute approximate surface area is 90.7 Å². The molecule has 1 aliphatic heterocycles. The first-order valence-electron chi connectivity index (χ1n) is 5.53. The Morgan fingerprint density at radius 3 is 2.87 bits per heavy atom. The summed E-state index contributed by atoms with van der Waals surface area (Å²) in [6, 6.07) is 6.12. The summed E-state index contributed by atoms with van der Waals surface area (Å²) in [5.41, 5.74) is 3.12. The molecule has 0 aliphatic carbocycles. The van der Waals surface area contributed by atoms with Gasteiger partial charge < -0.3 is 5.32 Å². The molecule has 0 spiro atoms. The first-order valence-corrected chi connectivity index (χ1v) is 5.53. The number of carbonyl (C=O) groups is 1. The molecule has 2 nitrogen and oxygen atoms in total. The second kappa shape index (κ2) is 4.15. The molecule has 15 heavy (non-hydrogen) atoms. The van der Waals surface area contributed by atoms with Gasteiger partial charge in [0.15, 0.2) is 5.78 Å². The quantitative estimate of drug-likeness (QED) is 0.747. The van der Waals surface area contributed by atoms with E-state index in [1.54, 1.807) is 0 Å². The van der Waals surface area contributed by atoms with Crippen LogP contribution in [0.3, 0.4) is 0 Å². The molecule has 80 valence electrons. The summed E-state index contributed by atoms with van der Waals surface area (Å²) < 4.78 is 0. The van der Waals surface area contributed by atoms with Gasteiger partial charge in [0, 0.05) is 5.56 Å². The van der Waals surface area contributed by atoms with Gasteiger partial charge >= 0.3 is 0 Å². The molecule has 1 saturated heterocycles. The maximum Gasteiger partial charge on any atom is 0.179 e. The Morgan fingerprint density at radius 1 is 1.40 bits per heavy atom. The highest BCUT2D eigenvalue weighted by molar-refractivity contribution is 6.01. The third-order valence-electron chi connectivity index (χ3n) is 3.04. The van der Waals surface area contributed by atoms with Crippen molar-refractivity contribution in [1.29, 1.82) is 0 Å². The van der Waals surface area contributed by atoms with Gasteiger partial charge in [-0.3, -0.25) is 4.79 Å². The molecule has 0 saturated carbocycles. The monoisotopic (exact) mass is 203 g/mol. The summed E-state index contributed by atoms with van der Waals surface area (Å²) in [6.45, 7) is 5.00. The van der Waals surface area contributed by atoms with Crippen LogP contribution in [0, 0.1) is 13.8 Å². The van der Waals surface area contributed by atoms with E-state index < -0.39 is 0 Å². The summed E-state index contributed by atoms with van der Waals surface area (Å²) in [5, 5.41) is 3.25. The lowest BCUT2D eigenvalue weighted by atomic mass is 9.97. The van der Waals surface area contributed by atoms with Gasteiger partial charge in [-0.05, 0) is 44.9 Å². The Hall–Kier alpha value is -1.15. The number of aryl methyl sites for hydroxylation is 2. The molecule has 1 aromatic carbocycles. The molecule has 1 N–H and O–H groups in total. The average molecular weight is 203 g/mol. The molecule has 2 rings (SSSR count). The van der Waals surface area contributed by atoms with E-state index in [-0.39, 0.29) is 11.8 Å². The number of rotatable bonds is 2. The zero-order chi connectivity index (χ0) is 10.8. The van der Waals surface area contributed by atoms with Crippen molar-refractivity contribution >= 4 is 5.78 Å². The molecule has 1 aliphatic rings. The third-order valence-corrected chi connectivity index (χ3v) is 3.04. The molecule has 1 aromatic rings. The van der Waals surface area contributed by atoms with Crippen molar-refractivity contribution in [2.24, 2.45) is 0 Å². The minimum Gasteiger partial charge on any atom is -0.307 e. The van der Waals surface area contributed by atoms with Crippen molar-refractivity contribution in [2.45, 2.75) is 32.7 Å². The summed E-state index contributed by atoms with van der Waals surface area (Å²) in [5.74, 6) is 0.258. The minimum atomic E-state index is 0.0468. The van der Waals surface area contributed by atoms with Gasteiger partial charge in [-0.15, -0.1) is 0 Å². The van der Waals surface area contributed by atoms with E-state index in [0.29, 0.717) is 0 Å². The smallest absolute Gasteiger partial charge is 0.179 e. The Balaban J connectivity index is 2.27. The highest BCUT2D eigenvalue weighted by Gasteiger charge is 2.24. The average Bonchev–Trinajstić information content (AvgIpc) is 2.74. The van der Waals surface area contributed by atoms with Gasteiger partial charge in [0.2, 0.25) is 0 Å². The lowest BCUT2D eigenvalue weighted by Gasteiger charge is -2.11. The molecule has 1 fully saturated rings. The first-order chi connectivity index (χ1) is 7.18. The van der Waals surface area contributed by atoms with E-state index in [2.05, 4.69) is 5.32 Å². The summed E-state index contributed by atoms with van der Waals surface area (Å²) in [6.07, 6.45) is 2.09. The number of benzene rings is 1. The van der Waals surface area contributed by atoms with Gasteiger partial charge in [0.05, 0.1) is 6.04 Å². The predicted molar refractivity (Wildman–Crippen MR) is 61.3 cm³/mol. The fraction of sp³-hybridized carbons (Fsp3) is 0.462. The zero-order valence-corrected chi connectivity index (χ0v) is 9.34. The van der Waals surface area contributed by atoms with E-state index >= 15 is 0 Å². The van der Waals surface area contributed by atoms with E-state index in [4.69, 9.17) is 0 Å². The molecule has 0 bridgehead atoms. The lowest BCUT2D eigenvalue weighted by Crippen LogP contribution is -2.31. The molecular weight excluding hydrogens is 186 g/mol. The second-order valence-electron chi connectivity index (χ2n) is 4.33. The van der Waals surface area contributed by atoms with Crippen LogP contribution in [0.2, 0.25) is 0 Å². The van der Waals surface area contributed by atoms with Crippen LogP contribution in [0.4, 0.5) is 0 Å². The third kappa shape index (κ3) is 2.10. The topological polar surface area (TPSA) is 29.1 Å². The van der Waals surface area contributed by atoms with Gasteiger partial charge in [0.1, 0.15) is 0 Å². The van der Waals surface area contributed by atoms with Crippen molar-refractivity contribution in [3.05, 3.63) is 34.9 Å².